The van der Waals surface area contributed by atoms with Crippen molar-refractivity contribution in [3.63, 3.8) is 0 Å². The van der Waals surface area contributed by atoms with Crippen LogP contribution in [0.4, 0.5) is 0 Å². The molecule has 0 atom stereocenters. The molecule has 0 amide bonds. The first kappa shape index (κ1) is 16.4. The van der Waals surface area contributed by atoms with Crippen molar-refractivity contribution in [2.24, 2.45) is 0 Å². The van der Waals surface area contributed by atoms with E-state index in [1.54, 1.807) is 7.11 Å². The summed E-state index contributed by atoms with van der Waals surface area (Å²) in [6, 6.07) is 18.6. The molecule has 3 rings (SSSR count). The van der Waals surface area contributed by atoms with Crippen molar-refractivity contribution >= 4 is 0 Å². The zero-order chi connectivity index (χ0) is 16.8. The number of ether oxygens (including phenoxy) is 1. The number of hydrogen-bond acceptors (Lipinski definition) is 3. The van der Waals surface area contributed by atoms with Gasteiger partial charge < -0.3 is 10.1 Å². The van der Waals surface area contributed by atoms with Gasteiger partial charge in [0, 0.05) is 37.5 Å². The Morgan fingerprint density at radius 1 is 1.04 bits per heavy atom. The molecule has 0 unspecified atom stereocenters. The van der Waals surface area contributed by atoms with E-state index in [1.807, 2.05) is 22.9 Å². The molecule has 4 nitrogen and oxygen atoms in total. The van der Waals surface area contributed by atoms with E-state index in [0.29, 0.717) is 6.61 Å². The third-order valence-corrected chi connectivity index (χ3v) is 4.01. The van der Waals surface area contributed by atoms with Crippen molar-refractivity contribution in [3.8, 4) is 16.9 Å². The molecule has 4 heteroatoms. The van der Waals surface area contributed by atoms with E-state index >= 15 is 0 Å². The van der Waals surface area contributed by atoms with Crippen molar-refractivity contribution in [1.82, 2.24) is 15.1 Å². The first-order chi connectivity index (χ1) is 11.8. The highest BCUT2D eigenvalue weighted by Gasteiger charge is 2.13. The van der Waals surface area contributed by atoms with Gasteiger partial charge in [0.2, 0.25) is 0 Å². The second kappa shape index (κ2) is 7.90. The molecule has 3 aromatic rings. The number of hydrogen-bond donors (Lipinski definition) is 1. The number of nitrogens with zero attached hydrogens (tertiary/aromatic N) is 2. The Morgan fingerprint density at radius 3 is 2.54 bits per heavy atom. The van der Waals surface area contributed by atoms with E-state index in [1.165, 1.54) is 16.7 Å². The molecule has 0 spiro atoms. The highest BCUT2D eigenvalue weighted by Crippen LogP contribution is 2.26. The maximum Gasteiger partial charge on any atom is 0.0975 e. The molecule has 2 aromatic carbocycles. The summed E-state index contributed by atoms with van der Waals surface area (Å²) in [7, 11) is 1.72. The van der Waals surface area contributed by atoms with Gasteiger partial charge in [-0.25, -0.2) is 4.68 Å². The van der Waals surface area contributed by atoms with Gasteiger partial charge in [0.25, 0.3) is 0 Å². The van der Waals surface area contributed by atoms with Crippen LogP contribution in [-0.4, -0.2) is 30.0 Å². The predicted molar refractivity (Wildman–Crippen MR) is 97.3 cm³/mol. The minimum absolute atomic E-state index is 0.701. The maximum absolute atomic E-state index is 5.10. The summed E-state index contributed by atoms with van der Waals surface area (Å²) in [4.78, 5) is 0. The average molecular weight is 321 g/mol. The molecule has 1 aromatic heterocycles. The van der Waals surface area contributed by atoms with Gasteiger partial charge in [0.05, 0.1) is 18.0 Å². The lowest BCUT2D eigenvalue weighted by molar-refractivity contribution is 0.199. The Bertz CT molecular complexity index is 781. The van der Waals surface area contributed by atoms with Crippen molar-refractivity contribution in [1.29, 1.82) is 0 Å². The molecule has 124 valence electrons. The van der Waals surface area contributed by atoms with Crippen LogP contribution in [-0.2, 0) is 11.3 Å². The first-order valence-corrected chi connectivity index (χ1v) is 8.19. The molecule has 0 aliphatic rings. The molecule has 0 radical (unpaired) electrons. The smallest absolute Gasteiger partial charge is 0.0975 e. The van der Waals surface area contributed by atoms with Crippen LogP contribution in [0.5, 0.6) is 0 Å². The van der Waals surface area contributed by atoms with E-state index in [0.717, 1.165) is 24.5 Å². The van der Waals surface area contributed by atoms with Crippen molar-refractivity contribution in [2.45, 2.75) is 13.5 Å². The summed E-state index contributed by atoms with van der Waals surface area (Å²) < 4.78 is 7.06. The van der Waals surface area contributed by atoms with Crippen LogP contribution in [0.15, 0.2) is 60.8 Å². The van der Waals surface area contributed by atoms with Crippen molar-refractivity contribution < 1.29 is 4.74 Å². The lowest BCUT2D eigenvalue weighted by Gasteiger charge is -2.06. The molecule has 24 heavy (non-hydrogen) atoms. The van der Waals surface area contributed by atoms with Crippen LogP contribution < -0.4 is 5.32 Å². The fourth-order valence-electron chi connectivity index (χ4n) is 2.71. The topological polar surface area (TPSA) is 39.1 Å². The SMILES string of the molecule is COCCNCc1cn(-c2ccccc2)nc1-c1ccccc1C. The van der Waals surface area contributed by atoms with E-state index in [9.17, 15) is 0 Å². The third kappa shape index (κ3) is 3.72. The molecule has 1 N–H and O–H groups in total. The molecule has 0 saturated carbocycles. The van der Waals surface area contributed by atoms with Gasteiger partial charge in [0.1, 0.15) is 0 Å². The van der Waals surface area contributed by atoms with Gasteiger partial charge in [-0.1, -0.05) is 42.5 Å². The Morgan fingerprint density at radius 2 is 1.79 bits per heavy atom. The number of rotatable bonds is 7. The number of nitrogens with one attached hydrogen (secondary N) is 1. The zero-order valence-corrected chi connectivity index (χ0v) is 14.2. The fraction of sp³-hybridized carbons (Fsp3) is 0.250. The van der Waals surface area contributed by atoms with Crippen molar-refractivity contribution in [3.05, 3.63) is 71.9 Å². The zero-order valence-electron chi connectivity index (χ0n) is 14.2. The van der Waals surface area contributed by atoms with Crippen LogP contribution in [0.25, 0.3) is 16.9 Å². The third-order valence-electron chi connectivity index (χ3n) is 4.01. The van der Waals surface area contributed by atoms with Gasteiger partial charge in [-0.05, 0) is 24.6 Å². The highest BCUT2D eigenvalue weighted by molar-refractivity contribution is 5.66. The van der Waals surface area contributed by atoms with E-state index < -0.39 is 0 Å². The molecular weight excluding hydrogens is 298 g/mol. The van der Waals surface area contributed by atoms with E-state index in [2.05, 4.69) is 54.8 Å². The second-order valence-corrected chi connectivity index (χ2v) is 5.77. The number of para-hydroxylation sites is 1. The minimum atomic E-state index is 0.701. The summed E-state index contributed by atoms with van der Waals surface area (Å²) in [5.74, 6) is 0. The molecule has 0 aliphatic heterocycles. The number of methoxy groups -OCH3 is 1. The fourth-order valence-corrected chi connectivity index (χ4v) is 2.71. The summed E-state index contributed by atoms with van der Waals surface area (Å²) in [6.07, 6.45) is 2.11. The lowest BCUT2D eigenvalue weighted by Crippen LogP contribution is -2.18. The van der Waals surface area contributed by atoms with Crippen LogP contribution >= 0.6 is 0 Å². The van der Waals surface area contributed by atoms with E-state index in [4.69, 9.17) is 9.84 Å². The summed E-state index contributed by atoms with van der Waals surface area (Å²) in [5.41, 5.74) is 5.69. The number of aromatic nitrogens is 2. The van der Waals surface area contributed by atoms with Crippen LogP contribution in [0.1, 0.15) is 11.1 Å². The van der Waals surface area contributed by atoms with Crippen LogP contribution in [0, 0.1) is 6.92 Å². The lowest BCUT2D eigenvalue weighted by atomic mass is 10.0. The summed E-state index contributed by atoms with van der Waals surface area (Å²) in [6.45, 7) is 4.41. The Labute approximate surface area is 143 Å². The largest absolute Gasteiger partial charge is 0.383 e. The monoisotopic (exact) mass is 321 g/mol. The minimum Gasteiger partial charge on any atom is -0.383 e. The predicted octanol–water partition coefficient (Wildman–Crippen LogP) is 3.58. The Kier molecular flexibility index (Phi) is 5.41. The van der Waals surface area contributed by atoms with Gasteiger partial charge in [-0.15, -0.1) is 0 Å². The number of aryl methyl sites for hydroxylation is 1. The van der Waals surface area contributed by atoms with Gasteiger partial charge >= 0.3 is 0 Å². The molecule has 0 aliphatic carbocycles. The highest BCUT2D eigenvalue weighted by atomic mass is 16.5. The Hall–Kier alpha value is -2.43. The normalized spacial score (nSPS) is 10.9. The van der Waals surface area contributed by atoms with E-state index in [-0.39, 0.29) is 0 Å². The first-order valence-electron chi connectivity index (χ1n) is 8.19. The Balaban J connectivity index is 1.95. The summed E-state index contributed by atoms with van der Waals surface area (Å²) in [5, 5.41) is 8.27. The average Bonchev–Trinajstić information content (AvgIpc) is 3.04. The molecule has 0 fully saturated rings. The second-order valence-electron chi connectivity index (χ2n) is 5.77. The van der Waals surface area contributed by atoms with Crippen LogP contribution in [0.3, 0.4) is 0 Å². The molecular formula is C20H23N3O. The van der Waals surface area contributed by atoms with Gasteiger partial charge in [0.15, 0.2) is 0 Å². The molecule has 1 heterocycles. The maximum atomic E-state index is 5.10. The quantitative estimate of drug-likeness (QED) is 0.676. The van der Waals surface area contributed by atoms with Crippen molar-refractivity contribution in [2.75, 3.05) is 20.3 Å². The standard InChI is InChI=1S/C20H23N3O/c1-16-8-6-7-11-19(16)20-17(14-21-12-13-24-2)15-23(22-20)18-9-4-3-5-10-18/h3-11,15,21H,12-14H2,1-2H3. The van der Waals surface area contributed by atoms with Gasteiger partial charge in [-0.3, -0.25) is 0 Å². The van der Waals surface area contributed by atoms with Crippen LogP contribution in [0.2, 0.25) is 0 Å². The number of benzene rings is 2. The molecule has 0 saturated heterocycles. The summed E-state index contributed by atoms with van der Waals surface area (Å²) >= 11 is 0. The molecule has 0 bridgehead atoms. The van der Waals surface area contributed by atoms with Gasteiger partial charge in [-0.2, -0.15) is 5.10 Å².